The summed E-state index contributed by atoms with van der Waals surface area (Å²) in [5.74, 6) is -2.97. The summed E-state index contributed by atoms with van der Waals surface area (Å²) in [6.07, 6.45) is 0. The number of nitro benzene ring substituents is 1. The Balaban J connectivity index is 1.79. The van der Waals surface area contributed by atoms with Crippen LogP contribution in [-0.2, 0) is 6.54 Å². The minimum Gasteiger partial charge on any atom is -0.267 e. The van der Waals surface area contributed by atoms with Crippen molar-refractivity contribution in [2.75, 3.05) is 0 Å². The molecule has 3 amide bonds. The van der Waals surface area contributed by atoms with Crippen LogP contribution < -0.4 is 0 Å². The van der Waals surface area contributed by atoms with Crippen molar-refractivity contribution < 1.29 is 23.7 Å². The molecule has 0 bridgehead atoms. The van der Waals surface area contributed by atoms with Gasteiger partial charge in [0.1, 0.15) is 5.82 Å². The Hall–Kier alpha value is -4.40. The molecule has 0 atom stereocenters. The van der Waals surface area contributed by atoms with Crippen LogP contribution in [0.5, 0.6) is 0 Å². The number of nitrogens with zero attached hydrogens (tertiary/aromatic N) is 3. The van der Waals surface area contributed by atoms with Gasteiger partial charge in [-0.3, -0.25) is 24.5 Å². The van der Waals surface area contributed by atoms with E-state index in [0.29, 0.717) is 5.01 Å². The normalized spacial score (nSPS) is 12.6. The fraction of sp³-hybridized carbons (Fsp3) is 0.0455. The number of carbonyl (C=O) groups is 3. The average molecular weight is 419 g/mol. The maximum Gasteiger partial charge on any atom is 0.280 e. The van der Waals surface area contributed by atoms with Crippen LogP contribution in [-0.4, -0.2) is 32.7 Å². The predicted octanol–water partition coefficient (Wildman–Crippen LogP) is 3.59. The van der Waals surface area contributed by atoms with E-state index in [1.54, 1.807) is 18.2 Å². The van der Waals surface area contributed by atoms with Gasteiger partial charge in [0.15, 0.2) is 0 Å². The first-order valence-electron chi connectivity index (χ1n) is 9.16. The van der Waals surface area contributed by atoms with Crippen LogP contribution in [0, 0.1) is 15.9 Å². The third-order valence-corrected chi connectivity index (χ3v) is 4.83. The molecular formula is C22H14FN3O5. The molecule has 3 aromatic carbocycles. The van der Waals surface area contributed by atoms with Gasteiger partial charge in [-0.2, -0.15) is 5.01 Å². The molecule has 0 unspecified atom stereocenters. The minimum atomic E-state index is -0.860. The van der Waals surface area contributed by atoms with Crippen molar-refractivity contribution in [3.8, 4) is 0 Å². The summed E-state index contributed by atoms with van der Waals surface area (Å²) in [7, 11) is 0. The van der Waals surface area contributed by atoms with Crippen LogP contribution in [0.4, 0.5) is 10.1 Å². The number of hydrogen-bond acceptors (Lipinski definition) is 5. The maximum absolute atomic E-state index is 14.3. The van der Waals surface area contributed by atoms with E-state index in [2.05, 4.69) is 0 Å². The molecule has 31 heavy (non-hydrogen) atoms. The molecule has 0 aromatic heterocycles. The van der Waals surface area contributed by atoms with Gasteiger partial charge in [-0.1, -0.05) is 36.4 Å². The van der Waals surface area contributed by atoms with Gasteiger partial charge in [0, 0.05) is 23.3 Å². The number of carbonyl (C=O) groups excluding carboxylic acids is 3. The number of nitro groups is 1. The minimum absolute atomic E-state index is 0.0674. The van der Waals surface area contributed by atoms with E-state index < -0.39 is 35.0 Å². The van der Waals surface area contributed by atoms with Crippen LogP contribution in [0.2, 0.25) is 0 Å². The highest BCUT2D eigenvalue weighted by Crippen LogP contribution is 2.27. The number of imide groups is 1. The molecule has 1 heterocycles. The SMILES string of the molecule is O=C(c1cccc([N+](=O)[O-])c1)N(Cc1ccccc1F)N1C(=O)c2ccccc2C1=O. The van der Waals surface area contributed by atoms with Crippen molar-refractivity contribution in [3.05, 3.63) is 111 Å². The Bertz CT molecular complexity index is 1210. The first-order chi connectivity index (χ1) is 14.9. The molecular weight excluding hydrogens is 405 g/mol. The average Bonchev–Trinajstić information content (AvgIpc) is 3.03. The Labute approximate surface area is 175 Å². The highest BCUT2D eigenvalue weighted by Gasteiger charge is 2.41. The number of rotatable bonds is 5. The number of benzene rings is 3. The Morgan fingerprint density at radius 2 is 1.55 bits per heavy atom. The second-order valence-corrected chi connectivity index (χ2v) is 6.73. The van der Waals surface area contributed by atoms with Gasteiger partial charge in [0.05, 0.1) is 22.6 Å². The van der Waals surface area contributed by atoms with E-state index >= 15 is 0 Å². The number of hydrazine groups is 1. The monoisotopic (exact) mass is 419 g/mol. The van der Waals surface area contributed by atoms with Crippen LogP contribution >= 0.6 is 0 Å². The van der Waals surface area contributed by atoms with Crippen LogP contribution in [0.15, 0.2) is 72.8 Å². The summed E-state index contributed by atoms with van der Waals surface area (Å²) in [4.78, 5) is 49.6. The molecule has 0 aliphatic carbocycles. The molecule has 0 spiro atoms. The van der Waals surface area contributed by atoms with E-state index in [9.17, 15) is 28.9 Å². The van der Waals surface area contributed by atoms with E-state index in [0.717, 1.165) is 11.1 Å². The van der Waals surface area contributed by atoms with E-state index in [1.807, 2.05) is 0 Å². The van der Waals surface area contributed by atoms with Gasteiger partial charge >= 0.3 is 0 Å². The first-order valence-corrected chi connectivity index (χ1v) is 9.16. The van der Waals surface area contributed by atoms with Crippen molar-refractivity contribution in [2.45, 2.75) is 6.54 Å². The van der Waals surface area contributed by atoms with Gasteiger partial charge in [-0.05, 0) is 24.3 Å². The van der Waals surface area contributed by atoms with Gasteiger partial charge in [-0.15, -0.1) is 0 Å². The fourth-order valence-electron chi connectivity index (χ4n) is 3.32. The molecule has 1 aliphatic heterocycles. The quantitative estimate of drug-likeness (QED) is 0.357. The summed E-state index contributed by atoms with van der Waals surface area (Å²) < 4.78 is 14.3. The lowest BCUT2D eigenvalue weighted by Gasteiger charge is -2.30. The lowest BCUT2D eigenvalue weighted by molar-refractivity contribution is -0.384. The number of halogens is 1. The molecule has 154 valence electrons. The topological polar surface area (TPSA) is 101 Å². The molecule has 8 nitrogen and oxygen atoms in total. The Morgan fingerprint density at radius 1 is 0.935 bits per heavy atom. The van der Waals surface area contributed by atoms with Crippen molar-refractivity contribution >= 4 is 23.4 Å². The molecule has 0 saturated carbocycles. The lowest BCUT2D eigenvalue weighted by Crippen LogP contribution is -2.49. The van der Waals surface area contributed by atoms with Gasteiger partial charge < -0.3 is 0 Å². The molecule has 3 aromatic rings. The molecule has 4 rings (SSSR count). The largest absolute Gasteiger partial charge is 0.280 e. The molecule has 9 heteroatoms. The maximum atomic E-state index is 14.3. The van der Waals surface area contributed by atoms with Crippen LogP contribution in [0.3, 0.4) is 0 Å². The smallest absolute Gasteiger partial charge is 0.267 e. The second kappa shape index (κ2) is 7.79. The molecule has 0 fully saturated rings. The van der Waals surface area contributed by atoms with Crippen molar-refractivity contribution in [1.29, 1.82) is 0 Å². The van der Waals surface area contributed by atoms with Crippen LogP contribution in [0.25, 0.3) is 0 Å². The van der Waals surface area contributed by atoms with Crippen molar-refractivity contribution in [2.24, 2.45) is 0 Å². The second-order valence-electron chi connectivity index (χ2n) is 6.73. The number of fused-ring (bicyclic) bond motifs is 1. The van der Waals surface area contributed by atoms with Crippen LogP contribution in [0.1, 0.15) is 36.6 Å². The standard InChI is InChI=1S/C22H14FN3O5/c23-19-11-4-1-6-15(19)13-24(20(27)14-7-5-8-16(12-14)26(30)31)25-21(28)17-9-2-3-10-18(17)22(25)29/h1-12H,13H2. The number of non-ortho nitro benzene ring substituents is 1. The summed E-state index contributed by atoms with van der Waals surface area (Å²) in [5, 5.41) is 12.6. The highest BCUT2D eigenvalue weighted by atomic mass is 19.1. The van der Waals surface area contributed by atoms with Gasteiger partial charge in [0.25, 0.3) is 23.4 Å². The van der Waals surface area contributed by atoms with Crippen molar-refractivity contribution in [1.82, 2.24) is 10.0 Å². The lowest BCUT2D eigenvalue weighted by atomic mass is 10.1. The zero-order valence-corrected chi connectivity index (χ0v) is 15.9. The van der Waals surface area contributed by atoms with E-state index in [-0.39, 0.29) is 27.9 Å². The summed E-state index contributed by atoms with van der Waals surface area (Å²) in [6, 6.07) is 16.6. The third-order valence-electron chi connectivity index (χ3n) is 4.83. The summed E-state index contributed by atoms with van der Waals surface area (Å²) >= 11 is 0. The zero-order valence-electron chi connectivity index (χ0n) is 15.9. The zero-order chi connectivity index (χ0) is 22.1. The van der Waals surface area contributed by atoms with E-state index in [4.69, 9.17) is 0 Å². The highest BCUT2D eigenvalue weighted by molar-refractivity contribution is 6.22. The fourth-order valence-corrected chi connectivity index (χ4v) is 3.32. The Kier molecular flexibility index (Phi) is 5.00. The Morgan fingerprint density at radius 3 is 2.16 bits per heavy atom. The molecule has 0 saturated heterocycles. The predicted molar refractivity (Wildman–Crippen MR) is 106 cm³/mol. The number of amides is 3. The first kappa shape index (κ1) is 19.9. The molecule has 1 aliphatic rings. The van der Waals surface area contributed by atoms with Gasteiger partial charge in [0.2, 0.25) is 0 Å². The summed E-state index contributed by atoms with van der Waals surface area (Å²) in [5.41, 5.74) is -0.172. The van der Waals surface area contributed by atoms with Gasteiger partial charge in [-0.25, -0.2) is 9.40 Å². The van der Waals surface area contributed by atoms with Crippen molar-refractivity contribution in [3.63, 3.8) is 0 Å². The third kappa shape index (κ3) is 3.52. The summed E-state index contributed by atoms with van der Waals surface area (Å²) in [6.45, 7) is -0.431. The molecule has 0 radical (unpaired) electrons. The number of hydrogen-bond donors (Lipinski definition) is 0. The molecule has 0 N–H and O–H groups in total. The van der Waals surface area contributed by atoms with E-state index in [1.165, 1.54) is 48.5 Å².